The summed E-state index contributed by atoms with van der Waals surface area (Å²) in [6, 6.07) is 5.85. The van der Waals surface area contributed by atoms with E-state index in [9.17, 15) is 4.79 Å². The highest BCUT2D eigenvalue weighted by Crippen LogP contribution is 2.27. The van der Waals surface area contributed by atoms with E-state index in [0.29, 0.717) is 0 Å². The number of nitrogens with zero attached hydrogens (tertiary/aromatic N) is 2. The molecular weight excluding hydrogens is 214 g/mol. The molecular formula is C13H17N3O. The fraction of sp³-hybridized carbons (Fsp3) is 0.385. The third-order valence-corrected chi connectivity index (χ3v) is 2.87. The predicted molar refractivity (Wildman–Crippen MR) is 67.7 cm³/mol. The number of anilines is 1. The van der Waals surface area contributed by atoms with Gasteiger partial charge in [-0.1, -0.05) is 12.1 Å². The number of nitriles is 1. The van der Waals surface area contributed by atoms with E-state index in [1.165, 1.54) is 0 Å². The maximum Gasteiger partial charge on any atom is 0.240 e. The number of nitrogens with one attached hydrogen (secondary N) is 1. The number of rotatable bonds is 3. The molecule has 0 heterocycles. The molecule has 1 rings (SSSR count). The first-order valence-electron chi connectivity index (χ1n) is 5.44. The Bertz CT molecular complexity index is 460. The Labute approximate surface area is 102 Å². The van der Waals surface area contributed by atoms with Gasteiger partial charge in [0.25, 0.3) is 0 Å². The van der Waals surface area contributed by atoms with Gasteiger partial charge < -0.3 is 4.90 Å². The van der Waals surface area contributed by atoms with Crippen LogP contribution in [0.2, 0.25) is 0 Å². The van der Waals surface area contributed by atoms with Crippen LogP contribution in [0.4, 0.5) is 5.69 Å². The molecule has 0 fully saturated rings. The molecule has 1 amide bonds. The first kappa shape index (κ1) is 13.0. The highest BCUT2D eigenvalue weighted by atomic mass is 16.1. The standard InChI is InChI=1S/C13H17N3O/c1-9-11(10(2)13(17)15-8-14)6-5-7-12(9)16(3)4/h5-7,10H,1-4H3,(H,15,17). The van der Waals surface area contributed by atoms with Crippen molar-refractivity contribution in [1.29, 1.82) is 5.26 Å². The van der Waals surface area contributed by atoms with E-state index >= 15 is 0 Å². The van der Waals surface area contributed by atoms with Gasteiger partial charge in [-0.2, -0.15) is 5.26 Å². The van der Waals surface area contributed by atoms with Crippen molar-refractivity contribution in [1.82, 2.24) is 5.32 Å². The summed E-state index contributed by atoms with van der Waals surface area (Å²) in [7, 11) is 3.93. The Morgan fingerprint density at radius 3 is 2.65 bits per heavy atom. The first-order chi connectivity index (χ1) is 7.99. The minimum atomic E-state index is -0.324. The van der Waals surface area contributed by atoms with Crippen LogP contribution in [-0.2, 0) is 4.79 Å². The van der Waals surface area contributed by atoms with Crippen molar-refractivity contribution in [3.63, 3.8) is 0 Å². The van der Waals surface area contributed by atoms with E-state index in [-0.39, 0.29) is 11.8 Å². The lowest BCUT2D eigenvalue weighted by Gasteiger charge is -2.20. The maximum absolute atomic E-state index is 11.6. The minimum absolute atomic E-state index is 0.272. The maximum atomic E-state index is 11.6. The largest absolute Gasteiger partial charge is 0.377 e. The number of benzene rings is 1. The van der Waals surface area contributed by atoms with Gasteiger partial charge in [0, 0.05) is 19.8 Å². The molecule has 0 bridgehead atoms. The topological polar surface area (TPSA) is 56.1 Å². The molecule has 90 valence electrons. The average Bonchev–Trinajstić information content (AvgIpc) is 2.28. The lowest BCUT2D eigenvalue weighted by atomic mass is 9.94. The Hall–Kier alpha value is -2.02. The van der Waals surface area contributed by atoms with Crippen molar-refractivity contribution in [2.75, 3.05) is 19.0 Å². The summed E-state index contributed by atoms with van der Waals surface area (Å²) >= 11 is 0. The summed E-state index contributed by atoms with van der Waals surface area (Å²) in [5.74, 6) is -0.596. The molecule has 0 spiro atoms. The summed E-state index contributed by atoms with van der Waals surface area (Å²) in [5, 5.41) is 10.6. The number of carbonyl (C=O) groups is 1. The molecule has 0 saturated heterocycles. The van der Waals surface area contributed by atoms with Gasteiger partial charge in [-0.15, -0.1) is 0 Å². The van der Waals surface area contributed by atoms with Crippen LogP contribution >= 0.6 is 0 Å². The smallest absolute Gasteiger partial charge is 0.240 e. The van der Waals surface area contributed by atoms with Crippen LogP contribution in [0.1, 0.15) is 24.0 Å². The average molecular weight is 231 g/mol. The van der Waals surface area contributed by atoms with Gasteiger partial charge in [0.2, 0.25) is 5.91 Å². The van der Waals surface area contributed by atoms with Crippen LogP contribution < -0.4 is 10.2 Å². The van der Waals surface area contributed by atoms with Crippen LogP contribution in [0.3, 0.4) is 0 Å². The number of hydrogen-bond donors (Lipinski definition) is 1. The van der Waals surface area contributed by atoms with E-state index in [0.717, 1.165) is 16.8 Å². The molecule has 1 atom stereocenters. The number of amides is 1. The van der Waals surface area contributed by atoms with Crippen molar-refractivity contribution >= 4 is 11.6 Å². The highest BCUT2D eigenvalue weighted by molar-refractivity contribution is 5.85. The highest BCUT2D eigenvalue weighted by Gasteiger charge is 2.18. The van der Waals surface area contributed by atoms with Gasteiger partial charge in [0.15, 0.2) is 6.19 Å². The van der Waals surface area contributed by atoms with E-state index in [2.05, 4.69) is 5.32 Å². The SMILES string of the molecule is Cc1c(C(C)C(=O)NC#N)cccc1N(C)C. The van der Waals surface area contributed by atoms with Gasteiger partial charge in [-0.05, 0) is 31.0 Å². The summed E-state index contributed by atoms with van der Waals surface area (Å²) in [6.07, 6.45) is 1.67. The quantitative estimate of drug-likeness (QED) is 0.637. The Morgan fingerprint density at radius 2 is 2.12 bits per heavy atom. The molecule has 1 N–H and O–H groups in total. The lowest BCUT2D eigenvalue weighted by molar-refractivity contribution is -0.121. The fourth-order valence-corrected chi connectivity index (χ4v) is 1.90. The third kappa shape index (κ3) is 2.76. The molecule has 1 aromatic rings. The first-order valence-corrected chi connectivity index (χ1v) is 5.44. The van der Waals surface area contributed by atoms with Crippen LogP contribution in [0, 0.1) is 18.4 Å². The van der Waals surface area contributed by atoms with Gasteiger partial charge in [-0.3, -0.25) is 10.1 Å². The zero-order chi connectivity index (χ0) is 13.0. The van der Waals surface area contributed by atoms with Gasteiger partial charge >= 0.3 is 0 Å². The zero-order valence-electron chi connectivity index (χ0n) is 10.6. The second-order valence-corrected chi connectivity index (χ2v) is 4.21. The van der Waals surface area contributed by atoms with Gasteiger partial charge in [0.05, 0.1) is 5.92 Å². The Balaban J connectivity index is 3.11. The molecule has 0 saturated carbocycles. The summed E-state index contributed by atoms with van der Waals surface area (Å²) in [4.78, 5) is 13.6. The third-order valence-electron chi connectivity index (χ3n) is 2.87. The van der Waals surface area contributed by atoms with Crippen LogP contribution in [0.15, 0.2) is 18.2 Å². The Morgan fingerprint density at radius 1 is 1.47 bits per heavy atom. The van der Waals surface area contributed by atoms with Crippen molar-refractivity contribution in [2.45, 2.75) is 19.8 Å². The van der Waals surface area contributed by atoms with Crippen molar-refractivity contribution < 1.29 is 4.79 Å². The minimum Gasteiger partial charge on any atom is -0.377 e. The molecule has 0 aliphatic heterocycles. The van der Waals surface area contributed by atoms with Gasteiger partial charge in [0.1, 0.15) is 0 Å². The van der Waals surface area contributed by atoms with Gasteiger partial charge in [-0.25, -0.2) is 0 Å². The molecule has 4 nitrogen and oxygen atoms in total. The molecule has 0 aliphatic carbocycles. The van der Waals surface area contributed by atoms with E-state index < -0.39 is 0 Å². The molecule has 4 heteroatoms. The molecule has 1 aromatic carbocycles. The molecule has 17 heavy (non-hydrogen) atoms. The molecule has 0 radical (unpaired) electrons. The van der Waals surface area contributed by atoms with Crippen LogP contribution in [-0.4, -0.2) is 20.0 Å². The van der Waals surface area contributed by atoms with Crippen molar-refractivity contribution in [3.8, 4) is 6.19 Å². The second kappa shape index (κ2) is 5.35. The zero-order valence-corrected chi connectivity index (χ0v) is 10.6. The Kier molecular flexibility index (Phi) is 4.11. The lowest BCUT2D eigenvalue weighted by Crippen LogP contribution is -2.24. The van der Waals surface area contributed by atoms with Crippen LogP contribution in [0.25, 0.3) is 0 Å². The predicted octanol–water partition coefficient (Wildman–Crippen LogP) is 1.76. The number of hydrogen-bond acceptors (Lipinski definition) is 3. The van der Waals surface area contributed by atoms with Crippen molar-refractivity contribution in [3.05, 3.63) is 29.3 Å². The summed E-state index contributed by atoms with van der Waals surface area (Å²) in [5.41, 5.74) is 3.10. The van der Waals surface area contributed by atoms with E-state index in [1.807, 2.05) is 44.1 Å². The van der Waals surface area contributed by atoms with E-state index in [1.54, 1.807) is 13.1 Å². The molecule has 0 aromatic heterocycles. The summed E-state index contributed by atoms with van der Waals surface area (Å²) < 4.78 is 0. The fourth-order valence-electron chi connectivity index (χ4n) is 1.90. The van der Waals surface area contributed by atoms with Crippen molar-refractivity contribution in [2.24, 2.45) is 0 Å². The molecule has 0 aliphatic rings. The summed E-state index contributed by atoms with van der Waals surface area (Å²) in [6.45, 7) is 3.79. The monoisotopic (exact) mass is 231 g/mol. The van der Waals surface area contributed by atoms with Crippen LogP contribution in [0.5, 0.6) is 0 Å². The second-order valence-electron chi connectivity index (χ2n) is 4.21. The van der Waals surface area contributed by atoms with E-state index in [4.69, 9.17) is 5.26 Å². The molecule has 1 unspecified atom stereocenters. The number of carbonyl (C=O) groups excluding carboxylic acids is 1. The normalized spacial score (nSPS) is 11.5.